The number of amides is 1. The highest BCUT2D eigenvalue weighted by Gasteiger charge is 2.06. The van der Waals surface area contributed by atoms with Gasteiger partial charge in [-0.2, -0.15) is 0 Å². The van der Waals surface area contributed by atoms with E-state index in [1.165, 1.54) is 24.3 Å². The molecule has 5 heteroatoms. The van der Waals surface area contributed by atoms with E-state index in [4.69, 9.17) is 16.2 Å². The topological polar surface area (TPSA) is 78.3 Å². The molecule has 98 valence electrons. The van der Waals surface area contributed by atoms with E-state index in [1.54, 1.807) is 18.2 Å². The van der Waals surface area contributed by atoms with Crippen LogP contribution in [-0.2, 0) is 6.54 Å². The van der Waals surface area contributed by atoms with Crippen LogP contribution < -0.4 is 16.2 Å². The molecular formula is C14H13FN2O2. The van der Waals surface area contributed by atoms with E-state index >= 15 is 0 Å². The Bertz CT molecular complexity index is 597. The van der Waals surface area contributed by atoms with Gasteiger partial charge in [-0.15, -0.1) is 0 Å². The lowest BCUT2D eigenvalue weighted by atomic mass is 10.2. The second kappa shape index (κ2) is 5.49. The SMILES string of the molecule is NCc1ccc(Oc2ccc(C(N)=O)cc2)c(F)c1. The number of ether oxygens (including phenoxy) is 1. The lowest BCUT2D eigenvalue weighted by Crippen LogP contribution is -2.10. The van der Waals surface area contributed by atoms with Crippen molar-refractivity contribution in [2.45, 2.75) is 6.54 Å². The van der Waals surface area contributed by atoms with E-state index in [-0.39, 0.29) is 12.3 Å². The molecule has 0 aliphatic heterocycles. The summed E-state index contributed by atoms with van der Waals surface area (Å²) >= 11 is 0. The van der Waals surface area contributed by atoms with E-state index in [0.717, 1.165) is 0 Å². The van der Waals surface area contributed by atoms with Crippen molar-refractivity contribution in [3.63, 3.8) is 0 Å². The van der Waals surface area contributed by atoms with Gasteiger partial charge in [-0.1, -0.05) is 6.07 Å². The molecule has 0 unspecified atom stereocenters. The zero-order chi connectivity index (χ0) is 13.8. The van der Waals surface area contributed by atoms with Gasteiger partial charge < -0.3 is 16.2 Å². The van der Waals surface area contributed by atoms with Crippen LogP contribution in [0.5, 0.6) is 11.5 Å². The number of halogens is 1. The summed E-state index contributed by atoms with van der Waals surface area (Å²) < 4.78 is 19.1. The molecule has 4 nitrogen and oxygen atoms in total. The van der Waals surface area contributed by atoms with Crippen molar-refractivity contribution in [3.8, 4) is 11.5 Å². The number of hydrogen-bond donors (Lipinski definition) is 2. The molecule has 0 saturated carbocycles. The molecule has 1 amide bonds. The van der Waals surface area contributed by atoms with Crippen LogP contribution >= 0.6 is 0 Å². The summed E-state index contributed by atoms with van der Waals surface area (Å²) in [5.74, 6) is -0.486. The predicted molar refractivity (Wildman–Crippen MR) is 69.3 cm³/mol. The van der Waals surface area contributed by atoms with Crippen molar-refractivity contribution < 1.29 is 13.9 Å². The van der Waals surface area contributed by atoms with Gasteiger partial charge in [0.05, 0.1) is 0 Å². The van der Waals surface area contributed by atoms with Gasteiger partial charge in [0.1, 0.15) is 5.75 Å². The van der Waals surface area contributed by atoms with Crippen LogP contribution in [0.3, 0.4) is 0 Å². The third-order valence-corrected chi connectivity index (χ3v) is 2.60. The number of primary amides is 1. The van der Waals surface area contributed by atoms with Crippen LogP contribution in [0.25, 0.3) is 0 Å². The quantitative estimate of drug-likeness (QED) is 0.884. The van der Waals surface area contributed by atoms with Gasteiger partial charge in [-0.05, 0) is 42.0 Å². The molecule has 0 atom stereocenters. The highest BCUT2D eigenvalue weighted by atomic mass is 19.1. The van der Waals surface area contributed by atoms with Crippen molar-refractivity contribution in [2.75, 3.05) is 0 Å². The van der Waals surface area contributed by atoms with Gasteiger partial charge in [0.15, 0.2) is 11.6 Å². The Balaban J connectivity index is 2.19. The van der Waals surface area contributed by atoms with Gasteiger partial charge in [-0.3, -0.25) is 4.79 Å². The largest absolute Gasteiger partial charge is 0.454 e. The smallest absolute Gasteiger partial charge is 0.248 e. The first kappa shape index (κ1) is 13.0. The Morgan fingerprint density at radius 1 is 1.16 bits per heavy atom. The monoisotopic (exact) mass is 260 g/mol. The summed E-state index contributed by atoms with van der Waals surface area (Å²) in [4.78, 5) is 10.9. The minimum Gasteiger partial charge on any atom is -0.454 e. The van der Waals surface area contributed by atoms with E-state index in [2.05, 4.69) is 0 Å². The van der Waals surface area contributed by atoms with Crippen LogP contribution in [0.4, 0.5) is 4.39 Å². The molecule has 0 spiro atoms. The molecule has 0 bridgehead atoms. The Morgan fingerprint density at radius 2 is 1.84 bits per heavy atom. The summed E-state index contributed by atoms with van der Waals surface area (Å²) in [6.45, 7) is 0.268. The highest BCUT2D eigenvalue weighted by molar-refractivity contribution is 5.92. The summed E-state index contributed by atoms with van der Waals surface area (Å²) in [6.07, 6.45) is 0. The molecule has 2 rings (SSSR count). The summed E-state index contributed by atoms with van der Waals surface area (Å²) in [5.41, 5.74) is 11.6. The average molecular weight is 260 g/mol. The Labute approximate surface area is 109 Å². The zero-order valence-corrected chi connectivity index (χ0v) is 10.1. The van der Waals surface area contributed by atoms with Gasteiger partial charge in [0.2, 0.25) is 5.91 Å². The molecule has 0 saturated heterocycles. The van der Waals surface area contributed by atoms with Crippen LogP contribution in [0.1, 0.15) is 15.9 Å². The van der Waals surface area contributed by atoms with Gasteiger partial charge in [0, 0.05) is 12.1 Å². The highest BCUT2D eigenvalue weighted by Crippen LogP contribution is 2.25. The first-order valence-corrected chi connectivity index (χ1v) is 5.66. The van der Waals surface area contributed by atoms with Crippen molar-refractivity contribution in [3.05, 3.63) is 59.4 Å². The standard InChI is InChI=1S/C14H13FN2O2/c15-12-7-9(8-16)1-6-13(12)19-11-4-2-10(3-5-11)14(17)18/h1-7H,8,16H2,(H2,17,18). The van der Waals surface area contributed by atoms with E-state index in [9.17, 15) is 9.18 Å². The van der Waals surface area contributed by atoms with Crippen molar-refractivity contribution >= 4 is 5.91 Å². The van der Waals surface area contributed by atoms with Crippen molar-refractivity contribution in [1.82, 2.24) is 0 Å². The van der Waals surface area contributed by atoms with Crippen LogP contribution in [-0.4, -0.2) is 5.91 Å². The van der Waals surface area contributed by atoms with Crippen LogP contribution in [0, 0.1) is 5.82 Å². The first-order chi connectivity index (χ1) is 9.10. The zero-order valence-electron chi connectivity index (χ0n) is 10.1. The second-order valence-corrected chi connectivity index (χ2v) is 3.96. The van der Waals surface area contributed by atoms with Crippen LogP contribution in [0.2, 0.25) is 0 Å². The second-order valence-electron chi connectivity index (χ2n) is 3.96. The Hall–Kier alpha value is -2.40. The molecule has 4 N–H and O–H groups in total. The van der Waals surface area contributed by atoms with Gasteiger partial charge in [0.25, 0.3) is 0 Å². The normalized spacial score (nSPS) is 10.2. The predicted octanol–water partition coefficient (Wildman–Crippen LogP) is 2.18. The Kier molecular flexibility index (Phi) is 3.77. The van der Waals surface area contributed by atoms with Crippen molar-refractivity contribution in [1.29, 1.82) is 0 Å². The number of rotatable bonds is 4. The first-order valence-electron chi connectivity index (χ1n) is 5.66. The fourth-order valence-corrected chi connectivity index (χ4v) is 1.57. The minimum atomic E-state index is -0.523. The van der Waals surface area contributed by atoms with E-state index in [0.29, 0.717) is 16.9 Å². The van der Waals surface area contributed by atoms with Crippen molar-refractivity contribution in [2.24, 2.45) is 11.5 Å². The molecule has 0 aliphatic rings. The summed E-state index contributed by atoms with van der Waals surface area (Å²) in [7, 11) is 0. The maximum Gasteiger partial charge on any atom is 0.248 e. The molecule has 0 heterocycles. The number of carbonyl (C=O) groups is 1. The molecule has 2 aromatic carbocycles. The number of nitrogens with two attached hydrogens (primary N) is 2. The van der Waals surface area contributed by atoms with Gasteiger partial charge >= 0.3 is 0 Å². The molecule has 19 heavy (non-hydrogen) atoms. The number of benzene rings is 2. The molecule has 0 fully saturated rings. The molecule has 0 aromatic heterocycles. The van der Waals surface area contributed by atoms with E-state index < -0.39 is 11.7 Å². The lowest BCUT2D eigenvalue weighted by molar-refractivity contribution is 0.100. The molecular weight excluding hydrogens is 247 g/mol. The Morgan fingerprint density at radius 3 is 2.37 bits per heavy atom. The molecule has 0 radical (unpaired) electrons. The summed E-state index contributed by atoms with van der Waals surface area (Å²) in [6, 6.07) is 10.7. The third-order valence-electron chi connectivity index (χ3n) is 2.60. The average Bonchev–Trinajstić information content (AvgIpc) is 2.41. The molecule has 0 aliphatic carbocycles. The maximum absolute atomic E-state index is 13.7. The van der Waals surface area contributed by atoms with Crippen LogP contribution in [0.15, 0.2) is 42.5 Å². The third kappa shape index (κ3) is 3.08. The van der Waals surface area contributed by atoms with Gasteiger partial charge in [-0.25, -0.2) is 4.39 Å². The number of hydrogen-bond acceptors (Lipinski definition) is 3. The summed E-state index contributed by atoms with van der Waals surface area (Å²) in [5, 5.41) is 0. The lowest BCUT2D eigenvalue weighted by Gasteiger charge is -2.08. The molecule has 2 aromatic rings. The number of carbonyl (C=O) groups excluding carboxylic acids is 1. The fraction of sp³-hybridized carbons (Fsp3) is 0.0714. The fourth-order valence-electron chi connectivity index (χ4n) is 1.57. The maximum atomic E-state index is 13.7. The minimum absolute atomic E-state index is 0.101. The van der Waals surface area contributed by atoms with E-state index in [1.807, 2.05) is 0 Å².